The standard InChI is InChI=1S/C16H19N3OS2.ClH/c1-10-9-21-16(18-10)22-14-6-4-13(5-7-14)19-15(20)11-2-3-12(17)8-11;/h4-7,9,11-12H,2-3,8,17H2,1H3,(H,19,20);1H. The number of aromatic nitrogens is 1. The summed E-state index contributed by atoms with van der Waals surface area (Å²) in [5.74, 6) is 0.145. The number of carbonyl (C=O) groups is 1. The van der Waals surface area contributed by atoms with E-state index in [0.717, 1.165) is 39.9 Å². The van der Waals surface area contributed by atoms with Crippen molar-refractivity contribution in [3.8, 4) is 0 Å². The molecule has 1 fully saturated rings. The van der Waals surface area contributed by atoms with Crippen LogP contribution >= 0.6 is 35.5 Å². The maximum atomic E-state index is 12.2. The number of nitrogens with two attached hydrogens (primary N) is 1. The fourth-order valence-electron chi connectivity index (χ4n) is 2.59. The summed E-state index contributed by atoms with van der Waals surface area (Å²) >= 11 is 3.29. The largest absolute Gasteiger partial charge is 0.328 e. The van der Waals surface area contributed by atoms with Gasteiger partial charge in [-0.1, -0.05) is 11.8 Å². The van der Waals surface area contributed by atoms with E-state index in [-0.39, 0.29) is 30.3 Å². The SMILES string of the molecule is Cc1csc(Sc2ccc(NC(=O)C3CCC(N)C3)cc2)n1.Cl. The number of halogens is 1. The van der Waals surface area contributed by atoms with Gasteiger partial charge in [0.2, 0.25) is 5.91 Å². The van der Waals surface area contributed by atoms with Crippen molar-refractivity contribution in [3.63, 3.8) is 0 Å². The number of nitrogens with zero attached hydrogens (tertiary/aromatic N) is 1. The van der Waals surface area contributed by atoms with Gasteiger partial charge in [0.05, 0.1) is 0 Å². The predicted octanol–water partition coefficient (Wildman–Crippen LogP) is 4.09. The van der Waals surface area contributed by atoms with Gasteiger partial charge >= 0.3 is 0 Å². The van der Waals surface area contributed by atoms with E-state index in [2.05, 4.69) is 10.3 Å². The molecule has 0 spiro atoms. The Labute approximate surface area is 150 Å². The van der Waals surface area contributed by atoms with Gasteiger partial charge in [0.25, 0.3) is 0 Å². The van der Waals surface area contributed by atoms with Gasteiger partial charge in [0.1, 0.15) is 0 Å². The number of rotatable bonds is 4. The zero-order chi connectivity index (χ0) is 15.5. The quantitative estimate of drug-likeness (QED) is 0.851. The van der Waals surface area contributed by atoms with Crippen LogP contribution in [0.1, 0.15) is 25.0 Å². The summed E-state index contributed by atoms with van der Waals surface area (Å²) in [5, 5.41) is 5.03. The fourth-order valence-corrected chi connectivity index (χ4v) is 4.39. The first-order valence-corrected chi connectivity index (χ1v) is 9.06. The molecule has 2 unspecified atom stereocenters. The Morgan fingerprint density at radius 3 is 2.65 bits per heavy atom. The molecule has 124 valence electrons. The number of benzene rings is 1. The summed E-state index contributed by atoms with van der Waals surface area (Å²) in [6.07, 6.45) is 2.63. The second-order valence-corrected chi connectivity index (χ2v) is 7.82. The Hall–Kier alpha value is -1.08. The average Bonchev–Trinajstić information content (AvgIpc) is 3.10. The molecule has 1 aliphatic rings. The molecule has 0 saturated heterocycles. The van der Waals surface area contributed by atoms with Crippen molar-refractivity contribution in [2.45, 2.75) is 41.5 Å². The zero-order valence-electron chi connectivity index (χ0n) is 12.8. The molecule has 3 rings (SSSR count). The molecule has 0 radical (unpaired) electrons. The van der Waals surface area contributed by atoms with Crippen molar-refractivity contribution in [3.05, 3.63) is 35.3 Å². The maximum Gasteiger partial charge on any atom is 0.227 e. The number of hydrogen-bond acceptors (Lipinski definition) is 5. The highest BCUT2D eigenvalue weighted by Crippen LogP contribution is 2.31. The van der Waals surface area contributed by atoms with Crippen LogP contribution in [0.4, 0.5) is 5.69 Å². The van der Waals surface area contributed by atoms with Crippen molar-refractivity contribution in [2.75, 3.05) is 5.32 Å². The van der Waals surface area contributed by atoms with E-state index < -0.39 is 0 Å². The normalized spacial score (nSPS) is 20.1. The van der Waals surface area contributed by atoms with Crippen LogP contribution in [-0.2, 0) is 4.79 Å². The maximum absolute atomic E-state index is 12.2. The van der Waals surface area contributed by atoms with Crippen LogP contribution < -0.4 is 11.1 Å². The summed E-state index contributed by atoms with van der Waals surface area (Å²) < 4.78 is 1.04. The van der Waals surface area contributed by atoms with Crippen molar-refractivity contribution >= 4 is 47.1 Å². The molecule has 2 atom stereocenters. The van der Waals surface area contributed by atoms with Crippen molar-refractivity contribution in [1.29, 1.82) is 0 Å². The minimum Gasteiger partial charge on any atom is -0.328 e. The van der Waals surface area contributed by atoms with Crippen LogP contribution in [0.5, 0.6) is 0 Å². The van der Waals surface area contributed by atoms with Crippen LogP contribution in [0.3, 0.4) is 0 Å². The summed E-state index contributed by atoms with van der Waals surface area (Å²) in [6.45, 7) is 1.99. The van der Waals surface area contributed by atoms with Gasteiger partial charge in [0, 0.05) is 33.6 Å². The topological polar surface area (TPSA) is 68.0 Å². The molecule has 7 heteroatoms. The third-order valence-corrected chi connectivity index (χ3v) is 5.83. The fraction of sp³-hybridized carbons (Fsp3) is 0.375. The first-order chi connectivity index (χ1) is 10.6. The van der Waals surface area contributed by atoms with E-state index >= 15 is 0 Å². The molecule has 3 N–H and O–H groups in total. The molecule has 0 bridgehead atoms. The highest BCUT2D eigenvalue weighted by Gasteiger charge is 2.27. The zero-order valence-corrected chi connectivity index (χ0v) is 15.3. The second kappa shape index (κ2) is 8.15. The Morgan fingerprint density at radius 1 is 1.35 bits per heavy atom. The molecular weight excluding hydrogens is 350 g/mol. The molecule has 4 nitrogen and oxygen atoms in total. The van der Waals surface area contributed by atoms with E-state index in [1.165, 1.54) is 0 Å². The summed E-state index contributed by atoms with van der Waals surface area (Å²) in [6, 6.07) is 8.08. The number of carbonyl (C=O) groups excluding carboxylic acids is 1. The highest BCUT2D eigenvalue weighted by molar-refractivity contribution is 8.01. The lowest BCUT2D eigenvalue weighted by atomic mass is 10.1. The summed E-state index contributed by atoms with van der Waals surface area (Å²) in [7, 11) is 0. The third-order valence-electron chi connectivity index (χ3n) is 3.77. The molecule has 1 aromatic heterocycles. The van der Waals surface area contributed by atoms with Crippen molar-refractivity contribution < 1.29 is 4.79 Å². The molecule has 23 heavy (non-hydrogen) atoms. The van der Waals surface area contributed by atoms with Crippen molar-refractivity contribution in [2.24, 2.45) is 11.7 Å². The lowest BCUT2D eigenvalue weighted by molar-refractivity contribution is -0.119. The molecule has 1 aliphatic carbocycles. The van der Waals surface area contributed by atoms with E-state index in [1.54, 1.807) is 23.1 Å². The number of amides is 1. The number of anilines is 1. The Kier molecular flexibility index (Phi) is 6.47. The van der Waals surface area contributed by atoms with Crippen LogP contribution in [-0.4, -0.2) is 16.9 Å². The number of aryl methyl sites for hydroxylation is 1. The lowest BCUT2D eigenvalue weighted by Gasteiger charge is -2.11. The number of nitrogens with one attached hydrogen (secondary N) is 1. The predicted molar refractivity (Wildman–Crippen MR) is 98.6 cm³/mol. The molecule has 1 saturated carbocycles. The molecule has 2 aromatic rings. The Balaban J connectivity index is 0.00000192. The van der Waals surface area contributed by atoms with E-state index in [9.17, 15) is 4.79 Å². The van der Waals surface area contributed by atoms with Gasteiger partial charge in [-0.2, -0.15) is 0 Å². The monoisotopic (exact) mass is 369 g/mol. The molecule has 1 amide bonds. The smallest absolute Gasteiger partial charge is 0.227 e. The first kappa shape index (κ1) is 18.3. The second-order valence-electron chi connectivity index (χ2n) is 5.64. The number of thiazole rings is 1. The molecule has 1 heterocycles. The summed E-state index contributed by atoms with van der Waals surface area (Å²) in [4.78, 5) is 17.7. The van der Waals surface area contributed by atoms with E-state index in [0.29, 0.717) is 0 Å². The van der Waals surface area contributed by atoms with Gasteiger partial charge in [0.15, 0.2) is 4.34 Å². The van der Waals surface area contributed by atoms with Gasteiger partial charge in [-0.05, 0) is 50.5 Å². The molecule has 0 aliphatic heterocycles. The summed E-state index contributed by atoms with van der Waals surface area (Å²) in [5.41, 5.74) is 7.75. The van der Waals surface area contributed by atoms with Crippen LogP contribution in [0.2, 0.25) is 0 Å². The molecular formula is C16H20ClN3OS2. The minimum absolute atomic E-state index is 0. The van der Waals surface area contributed by atoms with Gasteiger partial charge < -0.3 is 11.1 Å². The highest BCUT2D eigenvalue weighted by atomic mass is 35.5. The van der Waals surface area contributed by atoms with Gasteiger partial charge in [-0.15, -0.1) is 23.7 Å². The molecule has 1 aromatic carbocycles. The van der Waals surface area contributed by atoms with Gasteiger partial charge in [-0.25, -0.2) is 4.98 Å². The van der Waals surface area contributed by atoms with Crippen LogP contribution in [0.15, 0.2) is 38.9 Å². The average molecular weight is 370 g/mol. The Morgan fingerprint density at radius 2 is 2.09 bits per heavy atom. The first-order valence-electron chi connectivity index (χ1n) is 7.36. The van der Waals surface area contributed by atoms with E-state index in [1.807, 2.05) is 36.6 Å². The van der Waals surface area contributed by atoms with Gasteiger partial charge in [-0.3, -0.25) is 4.79 Å². The van der Waals surface area contributed by atoms with Crippen LogP contribution in [0, 0.1) is 12.8 Å². The Bertz CT molecular complexity index is 660. The lowest BCUT2D eigenvalue weighted by Crippen LogP contribution is -2.23. The van der Waals surface area contributed by atoms with Crippen molar-refractivity contribution in [1.82, 2.24) is 4.98 Å². The van der Waals surface area contributed by atoms with Crippen LogP contribution in [0.25, 0.3) is 0 Å². The minimum atomic E-state index is 0. The number of hydrogen-bond donors (Lipinski definition) is 2. The third kappa shape index (κ3) is 4.94. The van der Waals surface area contributed by atoms with E-state index in [4.69, 9.17) is 5.73 Å².